The van der Waals surface area contributed by atoms with Gasteiger partial charge in [-0.2, -0.15) is 13.2 Å². The van der Waals surface area contributed by atoms with Crippen LogP contribution in [0, 0.1) is 0 Å². The maximum Gasteiger partial charge on any atom is 0.416 e. The standard InChI is InChI=1S/C18H16F3NO2/c1-17(2)14-8-11(16(23)24)7-10(14)9-15(22-17)12-5-3-4-6-13(12)18(19,20)21/h3-9,15,22H,1-2H3,(H,23,24)/p-1. The van der Waals surface area contributed by atoms with Crippen molar-refractivity contribution in [1.29, 1.82) is 0 Å². The molecule has 2 aliphatic rings. The summed E-state index contributed by atoms with van der Waals surface area (Å²) in [5.74, 6) is -1.30. The Kier molecular flexibility index (Phi) is 3.68. The van der Waals surface area contributed by atoms with Gasteiger partial charge in [0.2, 0.25) is 0 Å². The molecule has 3 rings (SSSR count). The van der Waals surface area contributed by atoms with Gasteiger partial charge in [-0.3, -0.25) is 5.32 Å². The summed E-state index contributed by atoms with van der Waals surface area (Å²) in [5.41, 5.74) is 0.0871. The van der Waals surface area contributed by atoms with Gasteiger partial charge in [-0.15, -0.1) is 0 Å². The van der Waals surface area contributed by atoms with Gasteiger partial charge in [-0.05, 0) is 54.3 Å². The molecule has 1 aromatic carbocycles. The van der Waals surface area contributed by atoms with Crippen LogP contribution in [0.5, 0.6) is 0 Å². The first-order valence-corrected chi connectivity index (χ1v) is 7.41. The number of carboxylic acids is 1. The Labute approximate surface area is 137 Å². The van der Waals surface area contributed by atoms with Crippen LogP contribution in [-0.2, 0) is 11.0 Å². The van der Waals surface area contributed by atoms with E-state index in [4.69, 9.17) is 0 Å². The van der Waals surface area contributed by atoms with Crippen LogP contribution in [0.4, 0.5) is 13.2 Å². The molecule has 0 radical (unpaired) electrons. The van der Waals surface area contributed by atoms with Crippen molar-refractivity contribution >= 4 is 5.97 Å². The van der Waals surface area contributed by atoms with E-state index in [2.05, 4.69) is 5.32 Å². The summed E-state index contributed by atoms with van der Waals surface area (Å²) in [6, 6.07) is 4.70. The van der Waals surface area contributed by atoms with Gasteiger partial charge in [0.25, 0.3) is 0 Å². The van der Waals surface area contributed by atoms with Gasteiger partial charge in [-0.1, -0.05) is 24.3 Å². The summed E-state index contributed by atoms with van der Waals surface area (Å²) in [5, 5.41) is 14.2. The normalized spacial score (nSPS) is 22.4. The lowest BCUT2D eigenvalue weighted by Crippen LogP contribution is -2.46. The van der Waals surface area contributed by atoms with E-state index in [0.29, 0.717) is 5.57 Å². The molecule has 24 heavy (non-hydrogen) atoms. The van der Waals surface area contributed by atoms with Crippen molar-refractivity contribution in [3.63, 3.8) is 0 Å². The SMILES string of the molecule is CC1(C)NC(c2ccccc2C(F)(F)F)C=C2C=C(C(=O)[O-])C=C21. The third kappa shape index (κ3) is 2.78. The molecule has 0 aromatic heterocycles. The number of alkyl halides is 3. The van der Waals surface area contributed by atoms with Crippen molar-refractivity contribution in [2.75, 3.05) is 0 Å². The minimum atomic E-state index is -4.46. The van der Waals surface area contributed by atoms with Gasteiger partial charge in [0.05, 0.1) is 17.6 Å². The molecule has 1 aromatic rings. The average molecular weight is 334 g/mol. The average Bonchev–Trinajstić information content (AvgIpc) is 2.91. The smallest absolute Gasteiger partial charge is 0.416 e. The second-order valence-corrected chi connectivity index (χ2v) is 6.40. The highest BCUT2D eigenvalue weighted by Crippen LogP contribution is 2.42. The molecule has 1 N–H and O–H groups in total. The largest absolute Gasteiger partial charge is 0.545 e. The summed E-state index contributed by atoms with van der Waals surface area (Å²) in [6.45, 7) is 3.61. The zero-order valence-corrected chi connectivity index (χ0v) is 13.1. The third-order valence-corrected chi connectivity index (χ3v) is 4.29. The van der Waals surface area contributed by atoms with Crippen LogP contribution in [0.15, 0.2) is 59.2 Å². The van der Waals surface area contributed by atoms with Crippen LogP contribution in [-0.4, -0.2) is 11.5 Å². The van der Waals surface area contributed by atoms with Crippen molar-refractivity contribution in [1.82, 2.24) is 5.32 Å². The van der Waals surface area contributed by atoms with Crippen molar-refractivity contribution in [2.45, 2.75) is 31.6 Å². The van der Waals surface area contributed by atoms with Crippen LogP contribution in [0.1, 0.15) is 31.0 Å². The number of benzene rings is 1. The molecule has 1 atom stereocenters. The molecule has 1 aliphatic heterocycles. The third-order valence-electron chi connectivity index (χ3n) is 4.29. The van der Waals surface area contributed by atoms with Crippen LogP contribution in [0.25, 0.3) is 0 Å². The van der Waals surface area contributed by atoms with E-state index in [0.717, 1.165) is 11.6 Å². The quantitative estimate of drug-likeness (QED) is 0.905. The highest BCUT2D eigenvalue weighted by Gasteiger charge is 2.39. The number of aliphatic carboxylic acids is 1. The molecule has 3 nitrogen and oxygen atoms in total. The molecule has 1 heterocycles. The van der Waals surface area contributed by atoms with E-state index >= 15 is 0 Å². The molecule has 0 fully saturated rings. The van der Waals surface area contributed by atoms with Crippen LogP contribution in [0.2, 0.25) is 0 Å². The van der Waals surface area contributed by atoms with E-state index in [9.17, 15) is 23.1 Å². The van der Waals surface area contributed by atoms with Crippen LogP contribution >= 0.6 is 0 Å². The van der Waals surface area contributed by atoms with Gasteiger partial charge in [0.15, 0.2) is 0 Å². The second-order valence-electron chi connectivity index (χ2n) is 6.40. The summed E-state index contributed by atoms with van der Waals surface area (Å²) in [4.78, 5) is 11.1. The molecule has 0 spiro atoms. The lowest BCUT2D eigenvalue weighted by molar-refractivity contribution is -0.298. The first kappa shape index (κ1) is 16.5. The van der Waals surface area contributed by atoms with Gasteiger partial charge in [-0.25, -0.2) is 0 Å². The number of halogens is 3. The molecule has 0 amide bonds. The number of hydrogen-bond acceptors (Lipinski definition) is 3. The van der Waals surface area contributed by atoms with E-state index < -0.39 is 29.3 Å². The molecule has 0 saturated carbocycles. The van der Waals surface area contributed by atoms with E-state index in [1.165, 1.54) is 24.3 Å². The van der Waals surface area contributed by atoms with Crippen molar-refractivity contribution in [2.24, 2.45) is 0 Å². The monoisotopic (exact) mass is 334 g/mol. The zero-order valence-electron chi connectivity index (χ0n) is 13.1. The molecule has 1 unspecified atom stereocenters. The Morgan fingerprint density at radius 1 is 1.21 bits per heavy atom. The summed E-state index contributed by atoms with van der Waals surface area (Å²) in [7, 11) is 0. The second kappa shape index (κ2) is 5.34. The molecule has 126 valence electrons. The number of hydrogen-bond donors (Lipinski definition) is 1. The Hall–Kier alpha value is -2.34. The Morgan fingerprint density at radius 3 is 2.50 bits per heavy atom. The number of nitrogens with one attached hydrogen (secondary N) is 1. The minimum Gasteiger partial charge on any atom is -0.545 e. The highest BCUT2D eigenvalue weighted by molar-refractivity contribution is 5.92. The number of fused-ring (bicyclic) bond motifs is 1. The Bertz CT molecular complexity index is 801. The molecule has 0 bridgehead atoms. The minimum absolute atomic E-state index is 0.0240. The predicted octanol–water partition coefficient (Wildman–Crippen LogP) is 2.67. The van der Waals surface area contributed by atoms with E-state index in [1.54, 1.807) is 26.0 Å². The fourth-order valence-electron chi connectivity index (χ4n) is 3.20. The first-order valence-electron chi connectivity index (χ1n) is 7.41. The topological polar surface area (TPSA) is 52.2 Å². The number of carbonyl (C=O) groups is 1. The Morgan fingerprint density at radius 2 is 1.88 bits per heavy atom. The first-order chi connectivity index (χ1) is 11.1. The lowest BCUT2D eigenvalue weighted by Gasteiger charge is -2.38. The summed E-state index contributed by atoms with van der Waals surface area (Å²) >= 11 is 0. The summed E-state index contributed by atoms with van der Waals surface area (Å²) < 4.78 is 39.8. The van der Waals surface area contributed by atoms with Gasteiger partial charge in [0, 0.05) is 5.54 Å². The number of carboxylic acid groups (broad SMARTS) is 1. The molecule has 1 aliphatic carbocycles. The Balaban J connectivity index is 2.10. The molecule has 6 heteroatoms. The van der Waals surface area contributed by atoms with Crippen LogP contribution < -0.4 is 10.4 Å². The predicted molar refractivity (Wildman–Crippen MR) is 80.7 cm³/mol. The highest BCUT2D eigenvalue weighted by atomic mass is 19.4. The maximum absolute atomic E-state index is 13.3. The number of carbonyl (C=O) groups excluding carboxylic acids is 1. The van der Waals surface area contributed by atoms with Gasteiger partial charge >= 0.3 is 6.18 Å². The molecular weight excluding hydrogens is 319 g/mol. The van der Waals surface area contributed by atoms with E-state index in [-0.39, 0.29) is 11.1 Å². The van der Waals surface area contributed by atoms with Crippen LogP contribution in [0.3, 0.4) is 0 Å². The van der Waals surface area contributed by atoms with Crippen molar-refractivity contribution < 1.29 is 23.1 Å². The zero-order chi connectivity index (χ0) is 17.7. The fraction of sp³-hybridized carbons (Fsp3) is 0.278. The lowest BCUT2D eigenvalue weighted by atomic mass is 9.82. The van der Waals surface area contributed by atoms with E-state index in [1.807, 2.05) is 0 Å². The van der Waals surface area contributed by atoms with Crippen molar-refractivity contribution in [3.05, 3.63) is 70.3 Å². The summed E-state index contributed by atoms with van der Waals surface area (Å²) in [6.07, 6.45) is 0.104. The number of allylic oxidation sites excluding steroid dienone is 1. The number of rotatable bonds is 2. The molecular formula is C18H15F3NO2-. The van der Waals surface area contributed by atoms with Crippen molar-refractivity contribution in [3.8, 4) is 0 Å². The van der Waals surface area contributed by atoms with Gasteiger partial charge < -0.3 is 9.90 Å². The fourth-order valence-corrected chi connectivity index (χ4v) is 3.20. The van der Waals surface area contributed by atoms with Gasteiger partial charge in [0.1, 0.15) is 0 Å². The molecule has 0 saturated heterocycles. The maximum atomic E-state index is 13.3.